The number of hydrogen-bond acceptors (Lipinski definition) is 2. The lowest BCUT2D eigenvalue weighted by molar-refractivity contribution is -1.02. The fourth-order valence-electron chi connectivity index (χ4n) is 3.75. The highest BCUT2D eigenvalue weighted by atomic mass is 35.5. The van der Waals surface area contributed by atoms with Crippen LogP contribution in [0, 0.1) is 0 Å². The predicted octanol–water partition coefficient (Wildman–Crippen LogP) is 0.573. The summed E-state index contributed by atoms with van der Waals surface area (Å²) in [7, 11) is 0. The zero-order valence-electron chi connectivity index (χ0n) is 15.7. The first-order valence-corrected chi connectivity index (χ1v) is 10.1. The molecule has 1 fully saturated rings. The molecule has 1 aliphatic heterocycles. The molecule has 4 rings (SSSR count). The van der Waals surface area contributed by atoms with Gasteiger partial charge in [-0.2, -0.15) is 0 Å². The molecule has 28 heavy (non-hydrogen) atoms. The van der Waals surface area contributed by atoms with Crippen molar-refractivity contribution in [1.82, 2.24) is 9.97 Å². The summed E-state index contributed by atoms with van der Waals surface area (Å²) in [5.74, 6) is 0.738. The van der Waals surface area contributed by atoms with Gasteiger partial charge in [-0.3, -0.25) is 4.79 Å². The van der Waals surface area contributed by atoms with E-state index in [4.69, 9.17) is 11.6 Å². The van der Waals surface area contributed by atoms with E-state index in [1.807, 2.05) is 6.07 Å². The lowest BCUT2D eigenvalue weighted by Crippen LogP contribution is -3.27. The first-order chi connectivity index (χ1) is 13.7. The third-order valence-electron chi connectivity index (χ3n) is 5.32. The normalized spacial score (nSPS) is 20.0. The zero-order valence-corrected chi connectivity index (χ0v) is 16.5. The van der Waals surface area contributed by atoms with E-state index in [1.54, 1.807) is 23.1 Å². The molecule has 1 saturated heterocycles. The van der Waals surface area contributed by atoms with E-state index in [1.165, 1.54) is 10.5 Å². The van der Waals surface area contributed by atoms with Gasteiger partial charge in [0.15, 0.2) is 5.82 Å². The molecule has 3 N–H and O–H groups in total. The largest absolute Gasteiger partial charge is 0.322 e. The van der Waals surface area contributed by atoms with E-state index in [2.05, 4.69) is 46.4 Å². The van der Waals surface area contributed by atoms with Crippen molar-refractivity contribution in [3.05, 3.63) is 81.4 Å². The fraction of sp³-hybridized carbons (Fsp3) is 0.273. The molecule has 0 amide bonds. The third kappa shape index (κ3) is 4.68. The number of fused-ring (bicyclic) bond motifs is 1. The van der Waals surface area contributed by atoms with Gasteiger partial charge in [0.1, 0.15) is 32.7 Å². The van der Waals surface area contributed by atoms with E-state index in [-0.39, 0.29) is 5.56 Å². The Balaban J connectivity index is 1.32. The summed E-state index contributed by atoms with van der Waals surface area (Å²) in [6.45, 7) is 6.18. The first-order valence-electron chi connectivity index (χ1n) is 9.74. The van der Waals surface area contributed by atoms with Gasteiger partial charge in [-0.25, -0.2) is 4.98 Å². The smallest absolute Gasteiger partial charge is 0.258 e. The van der Waals surface area contributed by atoms with Gasteiger partial charge in [0.05, 0.1) is 17.4 Å². The Morgan fingerprint density at radius 2 is 1.79 bits per heavy atom. The number of nitrogens with zero attached hydrogens (tertiary/aromatic N) is 1. The second-order valence-corrected chi connectivity index (χ2v) is 7.80. The number of nitrogens with one attached hydrogen (secondary N) is 3. The van der Waals surface area contributed by atoms with Gasteiger partial charge in [0, 0.05) is 5.02 Å². The second kappa shape index (κ2) is 8.69. The number of aromatic nitrogens is 2. The van der Waals surface area contributed by atoms with E-state index in [0.717, 1.165) is 45.1 Å². The summed E-state index contributed by atoms with van der Waals surface area (Å²) >= 11 is 6.05. The van der Waals surface area contributed by atoms with Crippen LogP contribution >= 0.6 is 11.6 Å². The number of benzene rings is 2. The Morgan fingerprint density at radius 3 is 2.57 bits per heavy atom. The molecule has 1 aromatic heterocycles. The summed E-state index contributed by atoms with van der Waals surface area (Å²) in [5.41, 5.74) is 1.82. The number of quaternary nitrogens is 2. The van der Waals surface area contributed by atoms with Crippen molar-refractivity contribution in [3.8, 4) is 0 Å². The van der Waals surface area contributed by atoms with Gasteiger partial charge in [0.25, 0.3) is 5.56 Å². The van der Waals surface area contributed by atoms with Crippen LogP contribution in [0.2, 0.25) is 5.02 Å². The molecule has 0 spiro atoms. The maximum absolute atomic E-state index is 12.3. The standard InChI is InChI=1S/C22H23ClN4O/c23-18-8-9-19-20(15-18)24-21(25-22(19)28)16-27-13-11-26(12-14-27)10-4-7-17-5-2-1-3-6-17/h1-9,15H,10-14,16H2,(H,24,25,28)/p+2. The van der Waals surface area contributed by atoms with Crippen molar-refractivity contribution in [3.63, 3.8) is 0 Å². The van der Waals surface area contributed by atoms with Crippen molar-refractivity contribution in [1.29, 1.82) is 0 Å². The van der Waals surface area contributed by atoms with Crippen LogP contribution < -0.4 is 15.4 Å². The predicted molar refractivity (Wildman–Crippen MR) is 113 cm³/mol. The van der Waals surface area contributed by atoms with Gasteiger partial charge in [0.2, 0.25) is 0 Å². The lowest BCUT2D eigenvalue weighted by Gasteiger charge is -2.28. The Hall–Kier alpha value is -2.47. The Kier molecular flexibility index (Phi) is 5.86. The summed E-state index contributed by atoms with van der Waals surface area (Å²) in [6, 6.07) is 15.6. The molecule has 0 bridgehead atoms. The Bertz CT molecular complexity index is 1020. The molecule has 0 atom stereocenters. The van der Waals surface area contributed by atoms with Crippen molar-refractivity contribution in [2.45, 2.75) is 6.54 Å². The average Bonchev–Trinajstić information content (AvgIpc) is 2.70. The van der Waals surface area contributed by atoms with Crippen LogP contribution in [0.4, 0.5) is 0 Å². The van der Waals surface area contributed by atoms with Crippen LogP contribution in [-0.4, -0.2) is 42.7 Å². The highest BCUT2D eigenvalue weighted by Crippen LogP contribution is 2.14. The van der Waals surface area contributed by atoms with Crippen LogP contribution in [0.3, 0.4) is 0 Å². The molecule has 2 aromatic carbocycles. The minimum atomic E-state index is -0.0913. The summed E-state index contributed by atoms with van der Waals surface area (Å²) < 4.78 is 0. The third-order valence-corrected chi connectivity index (χ3v) is 5.55. The highest BCUT2D eigenvalue weighted by molar-refractivity contribution is 6.31. The van der Waals surface area contributed by atoms with Crippen molar-refractivity contribution in [2.24, 2.45) is 0 Å². The van der Waals surface area contributed by atoms with Crippen molar-refractivity contribution >= 4 is 28.6 Å². The topological polar surface area (TPSA) is 54.6 Å². The summed E-state index contributed by atoms with van der Waals surface area (Å²) in [6.07, 6.45) is 4.46. The molecular formula is C22H25ClN4O+2. The van der Waals surface area contributed by atoms with Gasteiger partial charge in [-0.05, 0) is 29.8 Å². The SMILES string of the molecule is O=c1[nH]c(C[NH+]2CC[NH+](CC=Cc3ccccc3)CC2)nc2cc(Cl)ccc12. The first kappa shape index (κ1) is 18.9. The molecule has 0 unspecified atom stereocenters. The molecule has 2 heterocycles. The summed E-state index contributed by atoms with van der Waals surface area (Å²) in [5, 5.41) is 1.19. The van der Waals surface area contributed by atoms with Crippen LogP contribution in [-0.2, 0) is 6.54 Å². The quantitative estimate of drug-likeness (QED) is 0.590. The highest BCUT2D eigenvalue weighted by Gasteiger charge is 2.23. The number of rotatable bonds is 5. The summed E-state index contributed by atoms with van der Waals surface area (Å²) in [4.78, 5) is 22.9. The number of aromatic amines is 1. The molecule has 3 aromatic rings. The molecule has 0 radical (unpaired) electrons. The molecule has 6 heteroatoms. The Labute approximate surface area is 169 Å². The van der Waals surface area contributed by atoms with Crippen LogP contribution in [0.5, 0.6) is 0 Å². The monoisotopic (exact) mass is 396 g/mol. The van der Waals surface area contributed by atoms with E-state index in [0.29, 0.717) is 15.9 Å². The van der Waals surface area contributed by atoms with Gasteiger partial charge in [-0.1, -0.05) is 48.0 Å². The zero-order chi connectivity index (χ0) is 19.3. The molecule has 5 nitrogen and oxygen atoms in total. The van der Waals surface area contributed by atoms with Gasteiger partial charge >= 0.3 is 0 Å². The van der Waals surface area contributed by atoms with E-state index in [9.17, 15) is 4.79 Å². The molecule has 1 aliphatic rings. The van der Waals surface area contributed by atoms with E-state index >= 15 is 0 Å². The van der Waals surface area contributed by atoms with Crippen LogP contribution in [0.15, 0.2) is 59.4 Å². The Morgan fingerprint density at radius 1 is 1.04 bits per heavy atom. The number of hydrogen-bond donors (Lipinski definition) is 3. The maximum Gasteiger partial charge on any atom is 0.258 e. The molecule has 144 valence electrons. The van der Waals surface area contributed by atoms with Crippen LogP contribution in [0.1, 0.15) is 11.4 Å². The second-order valence-electron chi connectivity index (χ2n) is 7.37. The average molecular weight is 397 g/mol. The number of piperazine rings is 1. The minimum Gasteiger partial charge on any atom is -0.322 e. The maximum atomic E-state index is 12.3. The number of halogens is 1. The lowest BCUT2D eigenvalue weighted by atomic mass is 10.2. The molecule has 0 aliphatic carbocycles. The van der Waals surface area contributed by atoms with Crippen molar-refractivity contribution in [2.75, 3.05) is 32.7 Å². The van der Waals surface area contributed by atoms with Crippen LogP contribution in [0.25, 0.3) is 17.0 Å². The molecule has 0 saturated carbocycles. The molecular weight excluding hydrogens is 372 g/mol. The van der Waals surface area contributed by atoms with Gasteiger partial charge in [-0.15, -0.1) is 0 Å². The minimum absolute atomic E-state index is 0.0913. The van der Waals surface area contributed by atoms with Gasteiger partial charge < -0.3 is 14.8 Å². The van der Waals surface area contributed by atoms with Crippen molar-refractivity contribution < 1.29 is 9.80 Å². The fourth-order valence-corrected chi connectivity index (χ4v) is 3.91. The number of H-pyrrole nitrogens is 1. The van der Waals surface area contributed by atoms with E-state index < -0.39 is 0 Å².